The molecule has 0 saturated heterocycles. The zero-order valence-electron chi connectivity index (χ0n) is 8.40. The predicted molar refractivity (Wildman–Crippen MR) is 64.4 cm³/mol. The first-order valence-corrected chi connectivity index (χ1v) is 4.62. The van der Waals surface area contributed by atoms with E-state index in [0.29, 0.717) is 22.7 Å². The van der Waals surface area contributed by atoms with E-state index in [1.807, 2.05) is 0 Å². The van der Waals surface area contributed by atoms with Crippen LogP contribution in [0, 0.1) is 0 Å². The monoisotopic (exact) mass is 212 g/mol. The molecule has 0 unspecified atom stereocenters. The smallest absolute Gasteiger partial charge is 0.346 e. The van der Waals surface area contributed by atoms with Crippen LogP contribution in [0.3, 0.4) is 0 Å². The molecule has 2 radical (unpaired) electrons. The number of nitrogen functional groups attached to an aromatic ring is 1. The predicted octanol–water partition coefficient (Wildman–Crippen LogP) is -0.111. The van der Waals surface area contributed by atoms with Gasteiger partial charge in [0.25, 0.3) is 0 Å². The Hall–Kier alpha value is -2.24. The summed E-state index contributed by atoms with van der Waals surface area (Å²) in [4.78, 5) is 17.0. The molecule has 0 aliphatic carbocycles. The van der Waals surface area contributed by atoms with Gasteiger partial charge in [0.1, 0.15) is 13.7 Å². The molecule has 0 fully saturated rings. The SMILES string of the molecule is [B]c1ccc(Nc2ccnc(=O)[nH]2)c(N)c1. The maximum absolute atomic E-state index is 11.0. The number of hydrogen-bond donors (Lipinski definition) is 3. The lowest BCUT2D eigenvalue weighted by molar-refractivity contribution is 1.08. The van der Waals surface area contributed by atoms with E-state index in [2.05, 4.69) is 15.3 Å². The molecule has 78 valence electrons. The number of H-pyrrole nitrogens is 1. The number of aromatic nitrogens is 2. The van der Waals surface area contributed by atoms with Crippen molar-refractivity contribution in [2.75, 3.05) is 11.1 Å². The van der Waals surface area contributed by atoms with E-state index in [9.17, 15) is 4.79 Å². The number of nitrogens with one attached hydrogen (secondary N) is 2. The van der Waals surface area contributed by atoms with Crippen molar-refractivity contribution in [1.29, 1.82) is 0 Å². The summed E-state index contributed by atoms with van der Waals surface area (Å²) in [6.45, 7) is 0. The normalized spacial score (nSPS) is 10.0. The van der Waals surface area contributed by atoms with Crippen LogP contribution in [-0.2, 0) is 0 Å². The van der Waals surface area contributed by atoms with Crippen LogP contribution in [0.1, 0.15) is 0 Å². The summed E-state index contributed by atoms with van der Waals surface area (Å²) in [5, 5.41) is 2.96. The molecule has 0 bridgehead atoms. The van der Waals surface area contributed by atoms with Gasteiger partial charge < -0.3 is 11.1 Å². The maximum atomic E-state index is 11.0. The van der Waals surface area contributed by atoms with Gasteiger partial charge in [-0.1, -0.05) is 11.5 Å². The minimum absolute atomic E-state index is 0.418. The Morgan fingerprint density at radius 2 is 2.19 bits per heavy atom. The molecule has 1 aromatic carbocycles. The lowest BCUT2D eigenvalue weighted by Gasteiger charge is -2.09. The van der Waals surface area contributed by atoms with Crippen LogP contribution < -0.4 is 22.2 Å². The van der Waals surface area contributed by atoms with E-state index in [1.54, 1.807) is 24.3 Å². The van der Waals surface area contributed by atoms with Crippen molar-refractivity contribution in [1.82, 2.24) is 9.97 Å². The van der Waals surface area contributed by atoms with Gasteiger partial charge in [0.05, 0.1) is 11.4 Å². The molecule has 16 heavy (non-hydrogen) atoms. The van der Waals surface area contributed by atoms with E-state index in [0.717, 1.165) is 0 Å². The van der Waals surface area contributed by atoms with Crippen LogP contribution in [0.25, 0.3) is 0 Å². The number of hydrogen-bond acceptors (Lipinski definition) is 4. The Bertz CT molecular complexity index is 567. The highest BCUT2D eigenvalue weighted by molar-refractivity contribution is 6.32. The Morgan fingerprint density at radius 3 is 2.88 bits per heavy atom. The summed E-state index contributed by atoms with van der Waals surface area (Å²) < 4.78 is 0. The number of rotatable bonds is 2. The van der Waals surface area contributed by atoms with Crippen molar-refractivity contribution >= 4 is 30.5 Å². The van der Waals surface area contributed by atoms with E-state index < -0.39 is 5.69 Å². The second-order valence-electron chi connectivity index (χ2n) is 3.26. The molecule has 5 nitrogen and oxygen atoms in total. The zero-order chi connectivity index (χ0) is 11.5. The Kier molecular flexibility index (Phi) is 2.63. The fourth-order valence-corrected chi connectivity index (χ4v) is 1.28. The average Bonchev–Trinajstić information content (AvgIpc) is 2.22. The lowest BCUT2D eigenvalue weighted by atomic mass is 9.95. The molecule has 2 aromatic rings. The van der Waals surface area contributed by atoms with E-state index in [1.165, 1.54) is 6.20 Å². The molecule has 0 amide bonds. The van der Waals surface area contributed by atoms with Crippen molar-refractivity contribution in [2.45, 2.75) is 0 Å². The van der Waals surface area contributed by atoms with Gasteiger partial charge in [-0.15, -0.1) is 0 Å². The first-order valence-electron chi connectivity index (χ1n) is 4.62. The van der Waals surface area contributed by atoms with E-state index in [-0.39, 0.29) is 0 Å². The highest BCUT2D eigenvalue weighted by atomic mass is 16.1. The zero-order valence-corrected chi connectivity index (χ0v) is 8.40. The summed E-state index contributed by atoms with van der Waals surface area (Å²) in [5.41, 5.74) is 7.12. The molecule has 6 heteroatoms. The van der Waals surface area contributed by atoms with Crippen LogP contribution in [0.2, 0.25) is 0 Å². The van der Waals surface area contributed by atoms with Crippen molar-refractivity contribution < 1.29 is 0 Å². The largest absolute Gasteiger partial charge is 0.397 e. The van der Waals surface area contributed by atoms with Gasteiger partial charge in [0.15, 0.2) is 0 Å². The van der Waals surface area contributed by atoms with Crippen LogP contribution in [0.5, 0.6) is 0 Å². The van der Waals surface area contributed by atoms with E-state index >= 15 is 0 Å². The average molecular weight is 212 g/mol. The fraction of sp³-hybridized carbons (Fsp3) is 0. The first-order chi connectivity index (χ1) is 7.65. The molecule has 1 heterocycles. The Balaban J connectivity index is 2.30. The van der Waals surface area contributed by atoms with Crippen LogP contribution in [-0.4, -0.2) is 17.8 Å². The van der Waals surface area contributed by atoms with Gasteiger partial charge in [0, 0.05) is 6.20 Å². The Morgan fingerprint density at radius 1 is 1.38 bits per heavy atom. The quantitative estimate of drug-likeness (QED) is 0.479. The third-order valence-electron chi connectivity index (χ3n) is 2.02. The molecule has 0 aliphatic heterocycles. The summed E-state index contributed by atoms with van der Waals surface area (Å²) in [6, 6.07) is 6.74. The molecule has 0 saturated carbocycles. The molecule has 0 atom stereocenters. The number of nitrogens with zero attached hydrogens (tertiary/aromatic N) is 1. The van der Waals surface area contributed by atoms with Crippen molar-refractivity contribution in [2.24, 2.45) is 0 Å². The second kappa shape index (κ2) is 4.10. The highest BCUT2D eigenvalue weighted by Gasteiger charge is 2.00. The second-order valence-corrected chi connectivity index (χ2v) is 3.26. The molecule has 2 rings (SSSR count). The molecular formula is C10H9BN4O. The topological polar surface area (TPSA) is 83.8 Å². The molecule has 1 aromatic heterocycles. The third-order valence-corrected chi connectivity index (χ3v) is 2.02. The van der Waals surface area contributed by atoms with Gasteiger partial charge in [-0.25, -0.2) is 9.78 Å². The van der Waals surface area contributed by atoms with Gasteiger partial charge >= 0.3 is 5.69 Å². The fourth-order valence-electron chi connectivity index (χ4n) is 1.28. The van der Waals surface area contributed by atoms with Gasteiger partial charge in [-0.3, -0.25) is 4.98 Å². The van der Waals surface area contributed by atoms with Crippen LogP contribution >= 0.6 is 0 Å². The minimum Gasteiger partial charge on any atom is -0.397 e. The number of aromatic amines is 1. The number of anilines is 3. The summed E-state index contributed by atoms with van der Waals surface area (Å²) in [6.07, 6.45) is 1.41. The molecule has 0 spiro atoms. The summed E-state index contributed by atoms with van der Waals surface area (Å²) >= 11 is 0. The molecule has 0 aliphatic rings. The first kappa shape index (κ1) is 10.3. The van der Waals surface area contributed by atoms with Crippen molar-refractivity contribution in [3.63, 3.8) is 0 Å². The van der Waals surface area contributed by atoms with Crippen LogP contribution in [0.15, 0.2) is 35.3 Å². The van der Waals surface area contributed by atoms with E-state index in [4.69, 9.17) is 13.6 Å². The van der Waals surface area contributed by atoms with Crippen molar-refractivity contribution in [3.8, 4) is 0 Å². The summed E-state index contributed by atoms with van der Waals surface area (Å²) in [7, 11) is 5.57. The standard InChI is InChI=1S/C10H9BN4O/c11-6-1-2-8(7(12)5-6)14-9-3-4-13-10(16)15-9/h1-5H,12H2,(H2,13,14,15,16). The van der Waals surface area contributed by atoms with Gasteiger partial charge in [-0.2, -0.15) is 0 Å². The number of nitrogens with two attached hydrogens (primary N) is 1. The molecule has 4 N–H and O–H groups in total. The van der Waals surface area contributed by atoms with Crippen LogP contribution in [0.4, 0.5) is 17.2 Å². The Labute approximate surface area is 93.1 Å². The van der Waals surface area contributed by atoms with Crippen molar-refractivity contribution in [3.05, 3.63) is 40.9 Å². The highest BCUT2D eigenvalue weighted by Crippen LogP contribution is 2.19. The lowest BCUT2D eigenvalue weighted by Crippen LogP contribution is -2.12. The van der Waals surface area contributed by atoms with Gasteiger partial charge in [-0.05, 0) is 18.2 Å². The molecular weight excluding hydrogens is 203 g/mol. The van der Waals surface area contributed by atoms with Gasteiger partial charge in [0.2, 0.25) is 0 Å². The maximum Gasteiger partial charge on any atom is 0.346 e. The third kappa shape index (κ3) is 2.22. The summed E-state index contributed by atoms with van der Waals surface area (Å²) in [5.74, 6) is 0.525. The minimum atomic E-state index is -0.418. The number of benzene rings is 1.